The van der Waals surface area contributed by atoms with Crippen molar-refractivity contribution < 1.29 is 14.3 Å². The summed E-state index contributed by atoms with van der Waals surface area (Å²) < 4.78 is 5.09. The van der Waals surface area contributed by atoms with Gasteiger partial charge in [-0.1, -0.05) is 6.92 Å². The molecule has 1 unspecified atom stereocenters. The highest BCUT2D eigenvalue weighted by atomic mass is 35.5. The summed E-state index contributed by atoms with van der Waals surface area (Å²) in [6.07, 6.45) is 0. The van der Waals surface area contributed by atoms with Crippen molar-refractivity contribution in [1.82, 2.24) is 0 Å². The Kier molecular flexibility index (Phi) is 7.55. The minimum atomic E-state index is -0.538. The summed E-state index contributed by atoms with van der Waals surface area (Å²) >= 11 is 0. The lowest BCUT2D eigenvalue weighted by atomic mass is 10.1. The molecule has 0 aliphatic carbocycles. The zero-order valence-corrected chi connectivity index (χ0v) is 11.4. The van der Waals surface area contributed by atoms with Crippen molar-refractivity contribution in [2.75, 3.05) is 18.5 Å². The van der Waals surface area contributed by atoms with Crippen LogP contribution in [0.2, 0.25) is 0 Å². The fourth-order valence-corrected chi connectivity index (χ4v) is 1.16. The smallest absolute Gasteiger partial charge is 0.255 e. The molecule has 0 saturated heterocycles. The molecule has 0 aliphatic rings. The first-order valence-corrected chi connectivity index (χ1v) is 5.55. The number of benzene rings is 1. The van der Waals surface area contributed by atoms with Crippen LogP contribution in [0.1, 0.15) is 6.92 Å². The van der Waals surface area contributed by atoms with Crippen molar-refractivity contribution in [2.45, 2.75) is 6.92 Å². The largest absolute Gasteiger partial charge is 0.484 e. The number of ether oxygens (including phenoxy) is 1. The molecule has 1 aromatic carbocycles. The number of rotatable bonds is 6. The summed E-state index contributed by atoms with van der Waals surface area (Å²) in [7, 11) is 0. The van der Waals surface area contributed by atoms with E-state index in [1.54, 1.807) is 31.2 Å². The van der Waals surface area contributed by atoms with Gasteiger partial charge in [-0.3, -0.25) is 9.59 Å². The van der Waals surface area contributed by atoms with Gasteiger partial charge in [-0.05, 0) is 24.3 Å². The van der Waals surface area contributed by atoms with Crippen LogP contribution in [-0.2, 0) is 9.59 Å². The Labute approximate surface area is 117 Å². The molecule has 5 N–H and O–H groups in total. The van der Waals surface area contributed by atoms with Gasteiger partial charge in [0.25, 0.3) is 5.91 Å². The molecule has 7 heteroatoms. The van der Waals surface area contributed by atoms with E-state index in [0.717, 1.165) is 0 Å². The summed E-state index contributed by atoms with van der Waals surface area (Å²) in [5.74, 6) is -0.401. The highest BCUT2D eigenvalue weighted by Gasteiger charge is 2.10. The average Bonchev–Trinajstić information content (AvgIpc) is 2.36. The highest BCUT2D eigenvalue weighted by molar-refractivity contribution is 5.92. The number of anilines is 1. The first-order chi connectivity index (χ1) is 8.52. The third-order valence-corrected chi connectivity index (χ3v) is 2.30. The summed E-state index contributed by atoms with van der Waals surface area (Å²) in [6.45, 7) is 1.88. The van der Waals surface area contributed by atoms with Gasteiger partial charge in [0, 0.05) is 18.2 Å². The molecule has 1 rings (SSSR count). The van der Waals surface area contributed by atoms with E-state index in [1.165, 1.54) is 0 Å². The normalized spacial score (nSPS) is 11.1. The van der Waals surface area contributed by atoms with Crippen LogP contribution in [0.25, 0.3) is 0 Å². The minimum absolute atomic E-state index is 0. The lowest BCUT2D eigenvalue weighted by Gasteiger charge is -2.10. The Hall–Kier alpha value is -1.79. The van der Waals surface area contributed by atoms with Crippen LogP contribution >= 0.6 is 12.4 Å². The molecule has 0 fully saturated rings. The second-order valence-corrected chi connectivity index (χ2v) is 3.91. The fourth-order valence-electron chi connectivity index (χ4n) is 1.16. The van der Waals surface area contributed by atoms with Crippen LogP contribution in [0.15, 0.2) is 24.3 Å². The molecule has 106 valence electrons. The Morgan fingerprint density at radius 1 is 1.32 bits per heavy atom. The van der Waals surface area contributed by atoms with Gasteiger partial charge in [0.15, 0.2) is 6.61 Å². The van der Waals surface area contributed by atoms with Crippen LogP contribution in [-0.4, -0.2) is 25.0 Å². The zero-order chi connectivity index (χ0) is 13.5. The molecule has 2 amide bonds. The van der Waals surface area contributed by atoms with Crippen molar-refractivity contribution in [1.29, 1.82) is 0 Å². The molecule has 19 heavy (non-hydrogen) atoms. The lowest BCUT2D eigenvalue weighted by Crippen LogP contribution is -2.26. The average molecular weight is 288 g/mol. The number of halogens is 1. The van der Waals surface area contributed by atoms with E-state index in [1.807, 2.05) is 0 Å². The quantitative estimate of drug-likeness (QED) is 0.708. The van der Waals surface area contributed by atoms with Gasteiger partial charge < -0.3 is 21.5 Å². The number of hydrogen-bond donors (Lipinski definition) is 3. The van der Waals surface area contributed by atoms with Gasteiger partial charge in [0.05, 0.1) is 0 Å². The van der Waals surface area contributed by atoms with Crippen molar-refractivity contribution >= 4 is 29.9 Å². The first kappa shape index (κ1) is 17.2. The number of nitrogens with one attached hydrogen (secondary N) is 1. The predicted molar refractivity (Wildman–Crippen MR) is 75.2 cm³/mol. The second-order valence-electron chi connectivity index (χ2n) is 3.91. The second kappa shape index (κ2) is 8.34. The molecule has 6 nitrogen and oxygen atoms in total. The molecule has 1 atom stereocenters. The number of amides is 2. The van der Waals surface area contributed by atoms with E-state index in [4.69, 9.17) is 16.2 Å². The third-order valence-electron chi connectivity index (χ3n) is 2.30. The molecule has 0 bridgehead atoms. The van der Waals surface area contributed by atoms with Crippen molar-refractivity contribution in [2.24, 2.45) is 17.4 Å². The maximum absolute atomic E-state index is 11.6. The number of primary amides is 1. The molecular weight excluding hydrogens is 270 g/mol. The standard InChI is InChI=1S/C12H17N3O3.ClH/c1-8(6-13)12(17)15-9-2-4-10(5-3-9)18-7-11(14)16;/h2-5,8H,6-7,13H2,1H3,(H2,14,16)(H,15,17);1H. The van der Waals surface area contributed by atoms with Gasteiger partial charge in [0.1, 0.15) is 5.75 Å². The maximum atomic E-state index is 11.6. The van der Waals surface area contributed by atoms with Crippen LogP contribution < -0.4 is 21.5 Å². The molecule has 0 spiro atoms. The molecule has 0 aliphatic heterocycles. The van der Waals surface area contributed by atoms with Gasteiger partial charge in [0.2, 0.25) is 5.91 Å². The van der Waals surface area contributed by atoms with Gasteiger partial charge in [-0.25, -0.2) is 0 Å². The van der Waals surface area contributed by atoms with Crippen LogP contribution in [0.3, 0.4) is 0 Å². The number of hydrogen-bond acceptors (Lipinski definition) is 4. The van der Waals surface area contributed by atoms with E-state index >= 15 is 0 Å². The summed E-state index contributed by atoms with van der Waals surface area (Å²) in [5.41, 5.74) is 11.0. The highest BCUT2D eigenvalue weighted by Crippen LogP contribution is 2.16. The number of nitrogens with two attached hydrogens (primary N) is 2. The van der Waals surface area contributed by atoms with Crippen LogP contribution in [0.4, 0.5) is 5.69 Å². The number of carbonyl (C=O) groups excluding carboxylic acids is 2. The van der Waals surface area contributed by atoms with Crippen LogP contribution in [0, 0.1) is 5.92 Å². The molecular formula is C12H18ClN3O3. The first-order valence-electron chi connectivity index (χ1n) is 5.55. The Morgan fingerprint density at radius 2 is 1.89 bits per heavy atom. The summed E-state index contributed by atoms with van der Waals surface area (Å²) in [6, 6.07) is 6.65. The molecule has 0 heterocycles. The monoisotopic (exact) mass is 287 g/mol. The Bertz CT molecular complexity index is 423. The summed E-state index contributed by atoms with van der Waals surface area (Å²) in [4.78, 5) is 22.1. The molecule has 1 aromatic rings. The van der Waals surface area contributed by atoms with Crippen molar-refractivity contribution in [3.05, 3.63) is 24.3 Å². The Morgan fingerprint density at radius 3 is 2.37 bits per heavy atom. The topological polar surface area (TPSA) is 107 Å². The SMILES string of the molecule is CC(CN)C(=O)Nc1ccc(OCC(N)=O)cc1.Cl. The zero-order valence-electron chi connectivity index (χ0n) is 10.6. The van der Waals surface area contributed by atoms with Gasteiger partial charge in [-0.2, -0.15) is 0 Å². The van der Waals surface area contributed by atoms with Gasteiger partial charge >= 0.3 is 0 Å². The molecule has 0 saturated carbocycles. The fraction of sp³-hybridized carbons (Fsp3) is 0.333. The van der Waals surface area contributed by atoms with Gasteiger partial charge in [-0.15, -0.1) is 12.4 Å². The van der Waals surface area contributed by atoms with E-state index < -0.39 is 5.91 Å². The van der Waals surface area contributed by atoms with E-state index in [9.17, 15) is 9.59 Å². The lowest BCUT2D eigenvalue weighted by molar-refractivity contribution is -0.120. The predicted octanol–water partition coefficient (Wildman–Crippen LogP) is 0.506. The van der Waals surface area contributed by atoms with Crippen LogP contribution in [0.5, 0.6) is 5.75 Å². The number of carbonyl (C=O) groups is 2. The van der Waals surface area contributed by atoms with E-state index in [0.29, 0.717) is 18.0 Å². The van der Waals surface area contributed by atoms with Crippen molar-refractivity contribution in [3.63, 3.8) is 0 Å². The maximum Gasteiger partial charge on any atom is 0.255 e. The molecule has 0 radical (unpaired) electrons. The van der Waals surface area contributed by atoms with Crippen molar-refractivity contribution in [3.8, 4) is 5.75 Å². The van der Waals surface area contributed by atoms with E-state index in [-0.39, 0.29) is 30.8 Å². The molecule has 0 aromatic heterocycles. The summed E-state index contributed by atoms with van der Waals surface area (Å²) in [5, 5.41) is 2.72. The third kappa shape index (κ3) is 6.08. The Balaban J connectivity index is 0.00000324. The minimum Gasteiger partial charge on any atom is -0.484 e. The van der Waals surface area contributed by atoms with E-state index in [2.05, 4.69) is 5.32 Å².